The van der Waals surface area contributed by atoms with Crippen LogP contribution >= 0.6 is 0 Å². The lowest BCUT2D eigenvalue weighted by Gasteiger charge is -2.13. The normalized spacial score (nSPS) is 15.4. The van der Waals surface area contributed by atoms with Gasteiger partial charge in [0.25, 0.3) is 0 Å². The third-order valence-electron chi connectivity index (χ3n) is 2.56. The molecule has 1 N–H and O–H groups in total. The Hall–Kier alpha value is -1.61. The first-order valence-electron chi connectivity index (χ1n) is 5.47. The van der Waals surface area contributed by atoms with E-state index < -0.39 is 0 Å². The van der Waals surface area contributed by atoms with Gasteiger partial charge in [-0.05, 0) is 30.7 Å². The van der Waals surface area contributed by atoms with Gasteiger partial charge in [-0.3, -0.25) is 0 Å². The maximum Gasteiger partial charge on any atom is 0.338 e. The molecule has 0 saturated heterocycles. The summed E-state index contributed by atoms with van der Waals surface area (Å²) in [7, 11) is 0. The van der Waals surface area contributed by atoms with Crippen molar-refractivity contribution in [1.82, 2.24) is 5.32 Å². The minimum Gasteiger partial charge on any atom is -0.458 e. The van der Waals surface area contributed by atoms with Gasteiger partial charge in [0.05, 0.1) is 5.56 Å². The molecule has 1 aliphatic rings. The summed E-state index contributed by atoms with van der Waals surface area (Å²) >= 11 is 0. The molecule has 0 fully saturated rings. The number of hydrogen-bond acceptors (Lipinski definition) is 3. The lowest BCUT2D eigenvalue weighted by atomic mass is 10.1. The van der Waals surface area contributed by atoms with E-state index in [0.29, 0.717) is 12.2 Å². The second-order valence-electron chi connectivity index (χ2n) is 3.76. The van der Waals surface area contributed by atoms with Crippen molar-refractivity contribution < 1.29 is 9.53 Å². The van der Waals surface area contributed by atoms with Gasteiger partial charge >= 0.3 is 5.97 Å². The van der Waals surface area contributed by atoms with E-state index in [9.17, 15) is 4.79 Å². The molecule has 0 unspecified atom stereocenters. The molecule has 16 heavy (non-hydrogen) atoms. The largest absolute Gasteiger partial charge is 0.458 e. The Balaban J connectivity index is 1.86. The van der Waals surface area contributed by atoms with Crippen LogP contribution in [0.2, 0.25) is 0 Å². The second-order valence-corrected chi connectivity index (χ2v) is 3.76. The molecule has 0 bridgehead atoms. The van der Waals surface area contributed by atoms with Gasteiger partial charge in [0, 0.05) is 6.54 Å². The van der Waals surface area contributed by atoms with Crippen molar-refractivity contribution in [3.8, 4) is 0 Å². The zero-order chi connectivity index (χ0) is 11.2. The van der Waals surface area contributed by atoms with Crippen LogP contribution in [0.4, 0.5) is 0 Å². The van der Waals surface area contributed by atoms with Crippen molar-refractivity contribution in [2.45, 2.75) is 6.42 Å². The summed E-state index contributed by atoms with van der Waals surface area (Å²) in [6.07, 6.45) is 3.05. The first-order chi connectivity index (χ1) is 7.86. The highest BCUT2D eigenvalue weighted by atomic mass is 16.5. The fourth-order valence-corrected chi connectivity index (χ4v) is 1.62. The molecule has 0 aromatic heterocycles. The van der Waals surface area contributed by atoms with E-state index in [4.69, 9.17) is 4.74 Å². The molecule has 0 spiro atoms. The van der Waals surface area contributed by atoms with Crippen molar-refractivity contribution in [2.24, 2.45) is 0 Å². The average Bonchev–Trinajstić information content (AvgIpc) is 2.38. The second kappa shape index (κ2) is 5.47. The van der Waals surface area contributed by atoms with E-state index >= 15 is 0 Å². The zero-order valence-electron chi connectivity index (χ0n) is 9.11. The number of rotatable bonds is 3. The van der Waals surface area contributed by atoms with Crippen LogP contribution in [-0.4, -0.2) is 25.7 Å². The minimum atomic E-state index is -0.250. The summed E-state index contributed by atoms with van der Waals surface area (Å²) < 4.78 is 5.23. The highest BCUT2D eigenvalue weighted by Crippen LogP contribution is 2.07. The summed E-state index contributed by atoms with van der Waals surface area (Å²) in [6, 6.07) is 9.07. The quantitative estimate of drug-likeness (QED) is 0.619. The molecule has 1 aliphatic heterocycles. The third-order valence-corrected chi connectivity index (χ3v) is 2.56. The van der Waals surface area contributed by atoms with Crippen molar-refractivity contribution in [1.29, 1.82) is 0 Å². The third kappa shape index (κ3) is 2.94. The molecule has 0 atom stereocenters. The van der Waals surface area contributed by atoms with Crippen LogP contribution in [0.1, 0.15) is 16.8 Å². The average molecular weight is 217 g/mol. The molecule has 0 aliphatic carbocycles. The highest BCUT2D eigenvalue weighted by Gasteiger charge is 2.08. The monoisotopic (exact) mass is 217 g/mol. The zero-order valence-corrected chi connectivity index (χ0v) is 9.11. The molecule has 1 aromatic rings. The number of carbonyl (C=O) groups is 1. The van der Waals surface area contributed by atoms with Gasteiger partial charge in [0.1, 0.15) is 6.61 Å². The minimum absolute atomic E-state index is 0.250. The highest BCUT2D eigenvalue weighted by molar-refractivity contribution is 5.89. The summed E-state index contributed by atoms with van der Waals surface area (Å²) in [6.45, 7) is 2.25. The predicted molar refractivity (Wildman–Crippen MR) is 62.3 cm³/mol. The number of esters is 1. The summed E-state index contributed by atoms with van der Waals surface area (Å²) in [5, 5.41) is 3.22. The van der Waals surface area contributed by atoms with Crippen molar-refractivity contribution in [2.75, 3.05) is 19.7 Å². The van der Waals surface area contributed by atoms with Gasteiger partial charge < -0.3 is 10.1 Å². The Morgan fingerprint density at radius 3 is 2.81 bits per heavy atom. The van der Waals surface area contributed by atoms with Gasteiger partial charge in [-0.2, -0.15) is 0 Å². The van der Waals surface area contributed by atoms with Crippen LogP contribution in [-0.2, 0) is 4.74 Å². The van der Waals surface area contributed by atoms with Crippen molar-refractivity contribution in [3.05, 3.63) is 47.5 Å². The molecule has 0 amide bonds. The number of ether oxygens (including phenoxy) is 1. The van der Waals surface area contributed by atoms with Crippen molar-refractivity contribution >= 4 is 5.97 Å². The topological polar surface area (TPSA) is 38.3 Å². The lowest BCUT2D eigenvalue weighted by molar-refractivity contribution is 0.0536. The van der Waals surface area contributed by atoms with Gasteiger partial charge in [-0.1, -0.05) is 24.3 Å². The summed E-state index contributed by atoms with van der Waals surface area (Å²) in [5.41, 5.74) is 1.81. The molecule has 2 rings (SSSR count). The van der Waals surface area contributed by atoms with Crippen molar-refractivity contribution in [3.63, 3.8) is 0 Å². The molecule has 1 aromatic carbocycles. The van der Waals surface area contributed by atoms with Crippen LogP contribution in [0.15, 0.2) is 42.0 Å². The maximum absolute atomic E-state index is 11.6. The fourth-order valence-electron chi connectivity index (χ4n) is 1.62. The van der Waals surface area contributed by atoms with Crippen LogP contribution < -0.4 is 5.32 Å². The molecule has 1 heterocycles. The first kappa shape index (κ1) is 10.9. The Labute approximate surface area is 95.1 Å². The van der Waals surface area contributed by atoms with Gasteiger partial charge in [0.15, 0.2) is 0 Å². The Morgan fingerprint density at radius 2 is 2.12 bits per heavy atom. The smallest absolute Gasteiger partial charge is 0.338 e. The van der Waals surface area contributed by atoms with Crippen LogP contribution in [0.3, 0.4) is 0 Å². The number of hydrogen-bond donors (Lipinski definition) is 1. The fraction of sp³-hybridized carbons (Fsp3) is 0.308. The van der Waals surface area contributed by atoms with E-state index in [-0.39, 0.29) is 5.97 Å². The molecule has 3 nitrogen and oxygen atoms in total. The molecular weight excluding hydrogens is 202 g/mol. The molecular formula is C13H15NO2. The number of nitrogens with one attached hydrogen (secondary N) is 1. The van der Waals surface area contributed by atoms with Gasteiger partial charge in [-0.15, -0.1) is 0 Å². The standard InChI is InChI=1S/C13H15NO2/c15-13(12-4-2-1-3-5-12)16-10-11-6-8-14-9-7-11/h1-6,14H,7-10H2. The first-order valence-corrected chi connectivity index (χ1v) is 5.47. The van der Waals surface area contributed by atoms with Crippen LogP contribution in [0, 0.1) is 0 Å². The summed E-state index contributed by atoms with van der Waals surface area (Å²) in [4.78, 5) is 11.6. The molecule has 3 heteroatoms. The molecule has 84 valence electrons. The Kier molecular flexibility index (Phi) is 3.72. The lowest BCUT2D eigenvalue weighted by Crippen LogP contribution is -2.22. The van der Waals surface area contributed by atoms with E-state index in [0.717, 1.165) is 19.5 Å². The number of benzene rings is 1. The van der Waals surface area contributed by atoms with E-state index in [1.165, 1.54) is 5.57 Å². The van der Waals surface area contributed by atoms with Crippen LogP contribution in [0.5, 0.6) is 0 Å². The van der Waals surface area contributed by atoms with E-state index in [1.807, 2.05) is 18.2 Å². The van der Waals surface area contributed by atoms with E-state index in [1.54, 1.807) is 12.1 Å². The van der Waals surface area contributed by atoms with Crippen LogP contribution in [0.25, 0.3) is 0 Å². The summed E-state index contributed by atoms with van der Waals surface area (Å²) in [5.74, 6) is -0.250. The molecule has 0 radical (unpaired) electrons. The van der Waals surface area contributed by atoms with E-state index in [2.05, 4.69) is 11.4 Å². The predicted octanol–water partition coefficient (Wildman–Crippen LogP) is 1.76. The molecule has 0 saturated carbocycles. The van der Waals surface area contributed by atoms with Gasteiger partial charge in [0.2, 0.25) is 0 Å². The Bertz CT molecular complexity index is 384. The maximum atomic E-state index is 11.6. The Morgan fingerprint density at radius 1 is 1.31 bits per heavy atom. The van der Waals surface area contributed by atoms with Gasteiger partial charge in [-0.25, -0.2) is 4.79 Å². The SMILES string of the molecule is O=C(OCC1=CCNCC1)c1ccccc1. The number of carbonyl (C=O) groups excluding carboxylic acids is 1.